The van der Waals surface area contributed by atoms with Crippen LogP contribution in [0, 0.1) is 0 Å². The van der Waals surface area contributed by atoms with Crippen LogP contribution < -0.4 is 10.5 Å². The Bertz CT molecular complexity index is 1130. The van der Waals surface area contributed by atoms with Crippen LogP contribution in [0.2, 0.25) is 0 Å². The van der Waals surface area contributed by atoms with Gasteiger partial charge in [-0.15, -0.1) is 11.3 Å². The molecule has 3 heterocycles. The summed E-state index contributed by atoms with van der Waals surface area (Å²) in [4.78, 5) is 47.4. The Balaban J connectivity index is 1.54. The Morgan fingerprint density at radius 2 is 2.14 bits per heavy atom. The second-order valence-electron chi connectivity index (χ2n) is 6.80. The SMILES string of the molecule is CCC(=O)N1CCc2cc(C(=O)N(C)Cc3nc4ccsc4c(=O)[nH]3)ccc21. The average molecular weight is 396 g/mol. The van der Waals surface area contributed by atoms with Crippen molar-refractivity contribution in [3.8, 4) is 0 Å². The number of thiophene rings is 1. The molecule has 1 aliphatic heterocycles. The van der Waals surface area contributed by atoms with Gasteiger partial charge in [-0.05, 0) is 41.6 Å². The van der Waals surface area contributed by atoms with Crippen molar-refractivity contribution in [1.82, 2.24) is 14.9 Å². The zero-order chi connectivity index (χ0) is 19.8. The predicted molar refractivity (Wildman–Crippen MR) is 109 cm³/mol. The molecule has 2 aromatic heterocycles. The van der Waals surface area contributed by atoms with Crippen molar-refractivity contribution in [3.05, 3.63) is 57.0 Å². The molecule has 0 aliphatic carbocycles. The molecule has 0 atom stereocenters. The van der Waals surface area contributed by atoms with Crippen LogP contribution >= 0.6 is 11.3 Å². The Morgan fingerprint density at radius 1 is 1.32 bits per heavy atom. The maximum absolute atomic E-state index is 12.8. The number of rotatable bonds is 4. The second kappa shape index (κ2) is 7.20. The number of aromatic nitrogens is 2. The molecule has 7 nitrogen and oxygen atoms in total. The number of carbonyl (C=O) groups is 2. The fraction of sp³-hybridized carbons (Fsp3) is 0.300. The van der Waals surface area contributed by atoms with Crippen LogP contribution in [-0.2, 0) is 17.8 Å². The smallest absolute Gasteiger partial charge is 0.268 e. The lowest BCUT2D eigenvalue weighted by atomic mass is 10.1. The first-order valence-electron chi connectivity index (χ1n) is 9.13. The van der Waals surface area contributed by atoms with E-state index in [1.165, 1.54) is 16.2 Å². The minimum atomic E-state index is -0.186. The molecule has 0 saturated carbocycles. The van der Waals surface area contributed by atoms with E-state index in [0.717, 1.165) is 17.7 Å². The fourth-order valence-corrected chi connectivity index (χ4v) is 4.22. The molecule has 28 heavy (non-hydrogen) atoms. The van der Waals surface area contributed by atoms with Crippen molar-refractivity contribution in [2.75, 3.05) is 18.5 Å². The summed E-state index contributed by atoms with van der Waals surface area (Å²) >= 11 is 1.34. The standard InChI is InChI=1S/C20H20N4O3S/c1-3-17(25)24-8-6-12-10-13(4-5-15(12)24)20(27)23(2)11-16-21-14-7-9-28-18(14)19(26)22-16/h4-5,7,9-10H,3,6,8,11H2,1-2H3,(H,21,22,26). The summed E-state index contributed by atoms with van der Waals surface area (Å²) in [5.74, 6) is 0.387. The number of aromatic amines is 1. The molecule has 0 radical (unpaired) electrons. The van der Waals surface area contributed by atoms with E-state index < -0.39 is 0 Å². The van der Waals surface area contributed by atoms with Crippen molar-refractivity contribution in [1.29, 1.82) is 0 Å². The monoisotopic (exact) mass is 396 g/mol. The third-order valence-corrected chi connectivity index (χ3v) is 5.83. The largest absolute Gasteiger partial charge is 0.334 e. The van der Waals surface area contributed by atoms with E-state index in [1.807, 2.05) is 24.4 Å². The van der Waals surface area contributed by atoms with Gasteiger partial charge in [-0.2, -0.15) is 0 Å². The predicted octanol–water partition coefficient (Wildman–Crippen LogP) is 2.56. The third kappa shape index (κ3) is 3.20. The number of amides is 2. The van der Waals surface area contributed by atoms with Crippen LogP contribution in [0.15, 0.2) is 34.4 Å². The summed E-state index contributed by atoms with van der Waals surface area (Å²) in [6.07, 6.45) is 1.21. The van der Waals surface area contributed by atoms with E-state index in [-0.39, 0.29) is 23.9 Å². The van der Waals surface area contributed by atoms with Gasteiger partial charge in [0, 0.05) is 31.3 Å². The summed E-state index contributed by atoms with van der Waals surface area (Å²) in [6, 6.07) is 7.24. The van der Waals surface area contributed by atoms with Crippen LogP contribution in [0.5, 0.6) is 0 Å². The van der Waals surface area contributed by atoms with E-state index in [1.54, 1.807) is 24.1 Å². The zero-order valence-electron chi connectivity index (χ0n) is 15.7. The molecule has 0 unspecified atom stereocenters. The summed E-state index contributed by atoms with van der Waals surface area (Å²) in [6.45, 7) is 2.71. The number of anilines is 1. The molecular formula is C20H20N4O3S. The van der Waals surface area contributed by atoms with Gasteiger partial charge in [-0.25, -0.2) is 4.98 Å². The molecular weight excluding hydrogens is 376 g/mol. The van der Waals surface area contributed by atoms with Crippen molar-refractivity contribution in [3.63, 3.8) is 0 Å². The van der Waals surface area contributed by atoms with E-state index in [2.05, 4.69) is 9.97 Å². The number of hydrogen-bond donors (Lipinski definition) is 1. The molecule has 0 bridgehead atoms. The average Bonchev–Trinajstić information content (AvgIpc) is 3.33. The second-order valence-corrected chi connectivity index (χ2v) is 7.72. The molecule has 2 amide bonds. The lowest BCUT2D eigenvalue weighted by Gasteiger charge is -2.18. The Kier molecular flexibility index (Phi) is 4.72. The molecule has 0 fully saturated rings. The van der Waals surface area contributed by atoms with Crippen LogP contribution in [-0.4, -0.2) is 40.3 Å². The van der Waals surface area contributed by atoms with Gasteiger partial charge in [0.25, 0.3) is 11.5 Å². The topological polar surface area (TPSA) is 86.4 Å². The number of carbonyl (C=O) groups excluding carboxylic acids is 2. The van der Waals surface area contributed by atoms with E-state index in [4.69, 9.17) is 0 Å². The highest BCUT2D eigenvalue weighted by Crippen LogP contribution is 2.29. The van der Waals surface area contributed by atoms with Gasteiger partial charge < -0.3 is 14.8 Å². The fourth-order valence-electron chi connectivity index (χ4n) is 3.50. The van der Waals surface area contributed by atoms with E-state index >= 15 is 0 Å². The Labute approximate surface area is 165 Å². The summed E-state index contributed by atoms with van der Waals surface area (Å²) in [5, 5.41) is 1.82. The molecule has 4 rings (SSSR count). The summed E-state index contributed by atoms with van der Waals surface area (Å²) in [7, 11) is 1.68. The highest BCUT2D eigenvalue weighted by atomic mass is 32.1. The van der Waals surface area contributed by atoms with Crippen LogP contribution in [0.4, 0.5) is 5.69 Å². The van der Waals surface area contributed by atoms with Gasteiger partial charge >= 0.3 is 0 Å². The number of hydrogen-bond acceptors (Lipinski definition) is 5. The first-order chi connectivity index (χ1) is 13.5. The molecule has 1 aliphatic rings. The van der Waals surface area contributed by atoms with Gasteiger partial charge in [-0.1, -0.05) is 6.92 Å². The molecule has 8 heteroatoms. The third-order valence-electron chi connectivity index (χ3n) is 4.92. The van der Waals surface area contributed by atoms with Crippen molar-refractivity contribution in [2.45, 2.75) is 26.3 Å². The van der Waals surface area contributed by atoms with Crippen molar-refractivity contribution in [2.24, 2.45) is 0 Å². The maximum atomic E-state index is 12.8. The van der Waals surface area contributed by atoms with Crippen molar-refractivity contribution < 1.29 is 9.59 Å². The number of benzene rings is 1. The Morgan fingerprint density at radius 3 is 2.93 bits per heavy atom. The molecule has 1 aromatic carbocycles. The first-order valence-corrected chi connectivity index (χ1v) is 10.0. The highest BCUT2D eigenvalue weighted by molar-refractivity contribution is 7.17. The number of fused-ring (bicyclic) bond motifs is 2. The normalized spacial score (nSPS) is 13.0. The molecule has 3 aromatic rings. The number of nitrogens with zero attached hydrogens (tertiary/aromatic N) is 3. The first kappa shape index (κ1) is 18.4. The molecule has 144 valence electrons. The number of H-pyrrole nitrogens is 1. The lowest BCUT2D eigenvalue weighted by Crippen LogP contribution is -2.29. The Hall–Kier alpha value is -3.00. The van der Waals surface area contributed by atoms with Crippen LogP contribution in [0.3, 0.4) is 0 Å². The number of nitrogens with one attached hydrogen (secondary N) is 1. The molecule has 1 N–H and O–H groups in total. The van der Waals surface area contributed by atoms with Gasteiger partial charge in [0.2, 0.25) is 5.91 Å². The minimum absolute atomic E-state index is 0.0915. The minimum Gasteiger partial charge on any atom is -0.334 e. The van der Waals surface area contributed by atoms with E-state index in [9.17, 15) is 14.4 Å². The molecule has 0 saturated heterocycles. The van der Waals surface area contributed by atoms with Crippen LogP contribution in [0.1, 0.15) is 35.1 Å². The van der Waals surface area contributed by atoms with Gasteiger partial charge in [-0.3, -0.25) is 14.4 Å². The van der Waals surface area contributed by atoms with Gasteiger partial charge in [0.05, 0.1) is 12.1 Å². The summed E-state index contributed by atoms with van der Waals surface area (Å²) < 4.78 is 0.586. The van der Waals surface area contributed by atoms with Crippen molar-refractivity contribution >= 4 is 39.1 Å². The lowest BCUT2D eigenvalue weighted by molar-refractivity contribution is -0.118. The zero-order valence-corrected chi connectivity index (χ0v) is 16.5. The molecule has 0 spiro atoms. The summed E-state index contributed by atoms with van der Waals surface area (Å²) in [5.41, 5.74) is 2.91. The van der Waals surface area contributed by atoms with E-state index in [0.29, 0.717) is 34.6 Å². The maximum Gasteiger partial charge on any atom is 0.268 e. The van der Waals surface area contributed by atoms with Crippen LogP contribution in [0.25, 0.3) is 10.2 Å². The van der Waals surface area contributed by atoms with Gasteiger partial charge in [0.15, 0.2) is 0 Å². The quantitative estimate of drug-likeness (QED) is 0.734. The van der Waals surface area contributed by atoms with Gasteiger partial charge in [0.1, 0.15) is 10.5 Å². The highest BCUT2D eigenvalue weighted by Gasteiger charge is 2.25.